The Labute approximate surface area is 227 Å². The Balaban J connectivity index is 1.44. The van der Waals surface area contributed by atoms with Gasteiger partial charge in [-0.05, 0) is 57.2 Å². The molecule has 0 spiro atoms. The highest BCUT2D eigenvalue weighted by Gasteiger charge is 2.41. The number of fused-ring (bicyclic) bond motifs is 3. The molecule has 5 aromatic rings. The maximum Gasteiger partial charge on any atom is 0.408 e. The highest BCUT2D eigenvalue weighted by Crippen LogP contribution is 2.42. The first-order chi connectivity index (χ1) is 18.8. The summed E-state index contributed by atoms with van der Waals surface area (Å²) >= 11 is 0. The highest BCUT2D eigenvalue weighted by molar-refractivity contribution is 5.96. The molecular formula is C32H32N4O3. The van der Waals surface area contributed by atoms with E-state index in [4.69, 9.17) is 14.8 Å². The molecular weight excluding hydrogens is 488 g/mol. The quantitative estimate of drug-likeness (QED) is 0.272. The number of aliphatic hydroxyl groups excluding tert-OH is 1. The van der Waals surface area contributed by atoms with Gasteiger partial charge < -0.3 is 15.2 Å². The van der Waals surface area contributed by atoms with E-state index >= 15 is 0 Å². The van der Waals surface area contributed by atoms with Crippen molar-refractivity contribution in [3.05, 3.63) is 90.1 Å². The average Bonchev–Trinajstić information content (AvgIpc) is 3.27. The molecule has 1 fully saturated rings. The van der Waals surface area contributed by atoms with E-state index in [-0.39, 0.29) is 12.7 Å². The zero-order valence-electron chi connectivity index (χ0n) is 22.4. The predicted octanol–water partition coefficient (Wildman–Crippen LogP) is 6.61. The number of nitrogens with zero attached hydrogens (tertiary/aromatic N) is 3. The van der Waals surface area contributed by atoms with Crippen LogP contribution in [0.4, 0.5) is 4.79 Å². The summed E-state index contributed by atoms with van der Waals surface area (Å²) in [6.45, 7) is 5.53. The molecule has 0 unspecified atom stereocenters. The number of hydrogen-bond acceptors (Lipinski definition) is 5. The van der Waals surface area contributed by atoms with E-state index in [0.717, 1.165) is 69.3 Å². The Morgan fingerprint density at radius 3 is 2.38 bits per heavy atom. The molecule has 0 radical (unpaired) electrons. The molecule has 1 aliphatic carbocycles. The van der Waals surface area contributed by atoms with Crippen molar-refractivity contribution >= 4 is 22.6 Å². The van der Waals surface area contributed by atoms with Crippen LogP contribution >= 0.6 is 0 Å². The van der Waals surface area contributed by atoms with Gasteiger partial charge in [0.15, 0.2) is 5.65 Å². The Morgan fingerprint density at radius 1 is 1.00 bits per heavy atom. The van der Waals surface area contributed by atoms with Crippen LogP contribution in [0.2, 0.25) is 0 Å². The molecule has 2 heterocycles. The van der Waals surface area contributed by atoms with Crippen LogP contribution in [0.1, 0.15) is 51.2 Å². The van der Waals surface area contributed by atoms with E-state index < -0.39 is 11.1 Å². The standard InChI is InChI=1S/C32H32N4O3/c1-31(2,3)39-30(38)34-32(17-8-18-32)24-15-13-22(14-16-24)27-26(21-9-5-4-6-10-21)19-36-29(33-27)25-12-7-11-23(20-37)28(25)35-36/h4-7,9-16,19,37H,8,17-18,20H2,1-3H3,(H,34,38). The van der Waals surface area contributed by atoms with Crippen LogP contribution in [-0.4, -0.2) is 31.4 Å². The van der Waals surface area contributed by atoms with Crippen LogP contribution in [0, 0.1) is 0 Å². The minimum absolute atomic E-state index is 0.0832. The molecule has 3 aromatic carbocycles. The molecule has 1 saturated carbocycles. The van der Waals surface area contributed by atoms with E-state index in [2.05, 4.69) is 41.7 Å². The molecule has 0 saturated heterocycles. The molecule has 6 rings (SSSR count). The third kappa shape index (κ3) is 4.63. The van der Waals surface area contributed by atoms with Crippen molar-refractivity contribution in [2.45, 2.75) is 57.8 Å². The molecule has 7 heteroatoms. The molecule has 2 N–H and O–H groups in total. The van der Waals surface area contributed by atoms with Gasteiger partial charge in [0.25, 0.3) is 0 Å². The smallest absolute Gasteiger partial charge is 0.408 e. The summed E-state index contributed by atoms with van der Waals surface area (Å²) in [6, 6.07) is 24.3. The first kappa shape index (κ1) is 25.1. The number of ether oxygens (including phenoxy) is 1. The summed E-state index contributed by atoms with van der Waals surface area (Å²) < 4.78 is 7.35. The highest BCUT2D eigenvalue weighted by atomic mass is 16.6. The lowest BCUT2D eigenvalue weighted by atomic mass is 9.71. The fraction of sp³-hybridized carbons (Fsp3) is 0.281. The summed E-state index contributed by atoms with van der Waals surface area (Å²) in [5, 5.41) is 18.7. The van der Waals surface area contributed by atoms with Crippen LogP contribution in [-0.2, 0) is 16.9 Å². The Hall–Kier alpha value is -4.23. The zero-order valence-corrected chi connectivity index (χ0v) is 22.4. The van der Waals surface area contributed by atoms with Crippen LogP contribution in [0.15, 0.2) is 79.0 Å². The van der Waals surface area contributed by atoms with E-state index in [1.165, 1.54) is 0 Å². The predicted molar refractivity (Wildman–Crippen MR) is 152 cm³/mol. The molecule has 2 aromatic heterocycles. The van der Waals surface area contributed by atoms with Gasteiger partial charge in [-0.3, -0.25) is 0 Å². The summed E-state index contributed by atoms with van der Waals surface area (Å²) in [6.07, 6.45) is 4.43. The Bertz CT molecular complexity index is 1660. The van der Waals surface area contributed by atoms with Crippen molar-refractivity contribution in [2.75, 3.05) is 0 Å². The van der Waals surface area contributed by atoms with Crippen molar-refractivity contribution in [3.63, 3.8) is 0 Å². The molecule has 0 atom stereocenters. The molecule has 198 valence electrons. The lowest BCUT2D eigenvalue weighted by Gasteiger charge is -2.43. The molecule has 0 bridgehead atoms. The number of aliphatic hydroxyl groups is 1. The van der Waals surface area contributed by atoms with E-state index in [9.17, 15) is 9.90 Å². The number of aromatic nitrogens is 3. The monoisotopic (exact) mass is 520 g/mol. The van der Waals surface area contributed by atoms with Gasteiger partial charge in [-0.1, -0.05) is 66.7 Å². The number of amides is 1. The number of hydrogen-bond donors (Lipinski definition) is 2. The van der Waals surface area contributed by atoms with Crippen molar-refractivity contribution in [1.29, 1.82) is 0 Å². The van der Waals surface area contributed by atoms with Gasteiger partial charge in [0.1, 0.15) is 11.1 Å². The average molecular weight is 521 g/mol. The van der Waals surface area contributed by atoms with Crippen molar-refractivity contribution in [3.8, 4) is 22.4 Å². The Morgan fingerprint density at radius 2 is 1.74 bits per heavy atom. The normalized spacial score (nSPS) is 14.8. The maximum absolute atomic E-state index is 12.6. The number of carbonyl (C=O) groups is 1. The van der Waals surface area contributed by atoms with Crippen LogP contribution in [0.25, 0.3) is 38.9 Å². The molecule has 1 amide bonds. The number of benzene rings is 3. The van der Waals surface area contributed by atoms with Crippen LogP contribution in [0.5, 0.6) is 0 Å². The molecule has 7 nitrogen and oxygen atoms in total. The summed E-state index contributed by atoms with van der Waals surface area (Å²) in [5.41, 5.74) is 6.17. The molecule has 0 aliphatic heterocycles. The first-order valence-electron chi connectivity index (χ1n) is 13.4. The van der Waals surface area contributed by atoms with Crippen molar-refractivity contribution < 1.29 is 14.6 Å². The fourth-order valence-electron chi connectivity index (χ4n) is 5.36. The lowest BCUT2D eigenvalue weighted by Crippen LogP contribution is -2.52. The van der Waals surface area contributed by atoms with E-state index in [1.54, 1.807) is 4.52 Å². The van der Waals surface area contributed by atoms with Gasteiger partial charge in [0, 0.05) is 28.3 Å². The van der Waals surface area contributed by atoms with Crippen LogP contribution in [0.3, 0.4) is 0 Å². The largest absolute Gasteiger partial charge is 0.444 e. The maximum atomic E-state index is 12.6. The third-order valence-electron chi connectivity index (χ3n) is 7.42. The summed E-state index contributed by atoms with van der Waals surface area (Å²) in [7, 11) is 0. The fourth-order valence-corrected chi connectivity index (χ4v) is 5.36. The van der Waals surface area contributed by atoms with Gasteiger partial charge in [0.05, 0.1) is 17.8 Å². The first-order valence-corrected chi connectivity index (χ1v) is 13.4. The third-order valence-corrected chi connectivity index (χ3v) is 7.42. The number of carbonyl (C=O) groups excluding carboxylic acids is 1. The SMILES string of the molecule is CC(C)(C)OC(=O)NC1(c2ccc(-c3nc4c5cccc(CO)c5nn4cc3-c3ccccc3)cc2)CCC1. The second kappa shape index (κ2) is 9.50. The second-order valence-electron chi connectivity index (χ2n) is 11.2. The van der Waals surface area contributed by atoms with Gasteiger partial charge in [-0.2, -0.15) is 5.10 Å². The summed E-state index contributed by atoms with van der Waals surface area (Å²) in [5.74, 6) is 0. The van der Waals surface area contributed by atoms with Crippen molar-refractivity contribution in [1.82, 2.24) is 19.9 Å². The number of rotatable bonds is 5. The molecule has 1 aliphatic rings. The van der Waals surface area contributed by atoms with Crippen LogP contribution < -0.4 is 5.32 Å². The van der Waals surface area contributed by atoms with Gasteiger partial charge in [0.2, 0.25) is 0 Å². The Kier molecular flexibility index (Phi) is 6.11. The van der Waals surface area contributed by atoms with E-state index in [1.807, 2.05) is 63.4 Å². The number of nitrogens with one attached hydrogen (secondary N) is 1. The van der Waals surface area contributed by atoms with E-state index in [0.29, 0.717) is 0 Å². The summed E-state index contributed by atoms with van der Waals surface area (Å²) in [4.78, 5) is 17.7. The lowest BCUT2D eigenvalue weighted by molar-refractivity contribution is 0.0377. The molecule has 39 heavy (non-hydrogen) atoms. The van der Waals surface area contributed by atoms with Gasteiger partial charge in [-0.25, -0.2) is 14.3 Å². The zero-order chi connectivity index (χ0) is 27.2. The van der Waals surface area contributed by atoms with Crippen molar-refractivity contribution in [2.24, 2.45) is 0 Å². The van der Waals surface area contributed by atoms with Gasteiger partial charge >= 0.3 is 6.09 Å². The topological polar surface area (TPSA) is 88.8 Å². The minimum Gasteiger partial charge on any atom is -0.444 e. The second-order valence-corrected chi connectivity index (χ2v) is 11.2. The van der Waals surface area contributed by atoms with Gasteiger partial charge in [-0.15, -0.1) is 0 Å². The number of alkyl carbamates (subject to hydrolysis) is 1. The minimum atomic E-state index is -0.549.